The normalized spacial score (nSPS) is 11.5. The molecule has 30 heavy (non-hydrogen) atoms. The molecule has 0 saturated carbocycles. The molecule has 0 unspecified atom stereocenters. The highest BCUT2D eigenvalue weighted by molar-refractivity contribution is 7.89. The highest BCUT2D eigenvalue weighted by Gasteiger charge is 2.15. The number of hydrogen-bond donors (Lipinski definition) is 2. The molecule has 0 fully saturated rings. The molecule has 1 amide bonds. The van der Waals surface area contributed by atoms with Crippen molar-refractivity contribution in [3.05, 3.63) is 96.2 Å². The van der Waals surface area contributed by atoms with E-state index in [0.29, 0.717) is 18.5 Å². The van der Waals surface area contributed by atoms with E-state index in [-0.39, 0.29) is 10.8 Å². The van der Waals surface area contributed by atoms with Crippen molar-refractivity contribution in [1.82, 2.24) is 9.88 Å². The van der Waals surface area contributed by atoms with Crippen LogP contribution in [-0.2, 0) is 16.4 Å². The molecular formula is C23H21N3O3S. The van der Waals surface area contributed by atoms with Crippen LogP contribution in [0, 0.1) is 0 Å². The Hall–Kier alpha value is -3.42. The lowest BCUT2D eigenvalue weighted by Crippen LogP contribution is -2.25. The van der Waals surface area contributed by atoms with Crippen molar-refractivity contribution in [2.24, 2.45) is 5.14 Å². The highest BCUT2D eigenvalue weighted by Crippen LogP contribution is 2.24. The molecule has 6 nitrogen and oxygen atoms in total. The summed E-state index contributed by atoms with van der Waals surface area (Å²) in [4.78, 5) is 12.9. The zero-order valence-electron chi connectivity index (χ0n) is 16.2. The zero-order valence-corrected chi connectivity index (χ0v) is 17.0. The standard InChI is InChI=1S/C23H21N3O3S/c24-30(28,29)19-12-10-17(11-13-19)14-15-25-23(27)21-16-26(18-6-2-1-3-7-18)22-9-5-4-8-20(21)22/h1-13,16H,14-15H2,(H,25,27)(H2,24,28,29). The minimum atomic E-state index is -3.70. The second kappa shape index (κ2) is 8.14. The fraction of sp³-hybridized carbons (Fsp3) is 0.0870. The second-order valence-corrected chi connectivity index (χ2v) is 8.52. The number of primary sulfonamides is 1. The van der Waals surface area contributed by atoms with Crippen molar-refractivity contribution < 1.29 is 13.2 Å². The number of fused-ring (bicyclic) bond motifs is 1. The number of rotatable bonds is 6. The molecule has 0 aliphatic rings. The highest BCUT2D eigenvalue weighted by atomic mass is 32.2. The van der Waals surface area contributed by atoms with Crippen LogP contribution >= 0.6 is 0 Å². The molecule has 3 N–H and O–H groups in total. The van der Waals surface area contributed by atoms with E-state index < -0.39 is 10.0 Å². The Morgan fingerprint density at radius 2 is 1.57 bits per heavy atom. The number of para-hydroxylation sites is 2. The third-order valence-corrected chi connectivity index (χ3v) is 5.87. The SMILES string of the molecule is NS(=O)(=O)c1ccc(CCNC(=O)c2cn(-c3ccccc3)c3ccccc23)cc1. The smallest absolute Gasteiger partial charge is 0.253 e. The summed E-state index contributed by atoms with van der Waals surface area (Å²) >= 11 is 0. The predicted molar refractivity (Wildman–Crippen MR) is 117 cm³/mol. The molecule has 7 heteroatoms. The number of carbonyl (C=O) groups is 1. The molecule has 0 saturated heterocycles. The van der Waals surface area contributed by atoms with Crippen LogP contribution in [0.25, 0.3) is 16.6 Å². The minimum Gasteiger partial charge on any atom is -0.352 e. The summed E-state index contributed by atoms with van der Waals surface area (Å²) in [7, 11) is -3.70. The van der Waals surface area contributed by atoms with Crippen molar-refractivity contribution in [1.29, 1.82) is 0 Å². The first-order chi connectivity index (χ1) is 14.4. The van der Waals surface area contributed by atoms with Crippen molar-refractivity contribution in [2.75, 3.05) is 6.54 Å². The molecule has 0 spiro atoms. The number of hydrogen-bond acceptors (Lipinski definition) is 3. The maximum Gasteiger partial charge on any atom is 0.253 e. The first-order valence-corrected chi connectivity index (χ1v) is 11.0. The van der Waals surface area contributed by atoms with Crippen LogP contribution in [0.4, 0.5) is 0 Å². The lowest BCUT2D eigenvalue weighted by atomic mass is 10.1. The summed E-state index contributed by atoms with van der Waals surface area (Å²) < 4.78 is 24.7. The Bertz CT molecular complexity index is 1290. The summed E-state index contributed by atoms with van der Waals surface area (Å²) in [5.41, 5.74) is 3.48. The fourth-order valence-electron chi connectivity index (χ4n) is 3.42. The number of sulfonamides is 1. The van der Waals surface area contributed by atoms with Crippen molar-refractivity contribution >= 4 is 26.8 Å². The summed E-state index contributed by atoms with van der Waals surface area (Å²) in [6.07, 6.45) is 2.43. The van der Waals surface area contributed by atoms with Crippen LogP contribution in [0.3, 0.4) is 0 Å². The average Bonchev–Trinajstić information content (AvgIpc) is 3.14. The first-order valence-electron chi connectivity index (χ1n) is 9.49. The summed E-state index contributed by atoms with van der Waals surface area (Å²) in [5.74, 6) is -0.151. The lowest BCUT2D eigenvalue weighted by Gasteiger charge is -2.06. The Balaban J connectivity index is 1.50. The van der Waals surface area contributed by atoms with E-state index in [1.165, 1.54) is 12.1 Å². The number of nitrogens with one attached hydrogen (secondary N) is 1. The van der Waals surface area contributed by atoms with E-state index in [4.69, 9.17) is 5.14 Å². The van der Waals surface area contributed by atoms with Crippen LogP contribution < -0.4 is 10.5 Å². The van der Waals surface area contributed by atoms with Gasteiger partial charge in [-0.25, -0.2) is 13.6 Å². The average molecular weight is 420 g/mol. The van der Waals surface area contributed by atoms with Gasteiger partial charge in [0.2, 0.25) is 10.0 Å². The van der Waals surface area contributed by atoms with Gasteiger partial charge in [0, 0.05) is 23.8 Å². The molecule has 0 radical (unpaired) electrons. The number of carbonyl (C=O) groups excluding carboxylic acids is 1. The van der Waals surface area contributed by atoms with Gasteiger partial charge in [-0.3, -0.25) is 4.79 Å². The minimum absolute atomic E-state index is 0.0732. The van der Waals surface area contributed by atoms with E-state index >= 15 is 0 Å². The van der Waals surface area contributed by atoms with Crippen molar-refractivity contribution in [3.63, 3.8) is 0 Å². The molecular weight excluding hydrogens is 398 g/mol. The molecule has 4 aromatic rings. The van der Waals surface area contributed by atoms with E-state index in [9.17, 15) is 13.2 Å². The van der Waals surface area contributed by atoms with Crippen LogP contribution in [0.2, 0.25) is 0 Å². The predicted octanol–water partition coefficient (Wildman–Crippen LogP) is 3.25. The van der Waals surface area contributed by atoms with Gasteiger partial charge in [0.1, 0.15) is 0 Å². The quantitative estimate of drug-likeness (QED) is 0.502. The van der Waals surface area contributed by atoms with Gasteiger partial charge in [-0.05, 0) is 42.3 Å². The summed E-state index contributed by atoms with van der Waals surface area (Å²) in [5, 5.41) is 8.95. The van der Waals surface area contributed by atoms with Gasteiger partial charge in [0.15, 0.2) is 0 Å². The van der Waals surface area contributed by atoms with Gasteiger partial charge in [-0.1, -0.05) is 48.5 Å². The van der Waals surface area contributed by atoms with E-state index in [2.05, 4.69) is 5.32 Å². The van der Waals surface area contributed by atoms with Gasteiger partial charge in [0.05, 0.1) is 16.0 Å². The first kappa shape index (κ1) is 19.9. The van der Waals surface area contributed by atoms with Gasteiger partial charge in [-0.15, -0.1) is 0 Å². The molecule has 0 aliphatic heterocycles. The molecule has 0 atom stereocenters. The maximum absolute atomic E-state index is 12.9. The molecule has 3 aromatic carbocycles. The number of amides is 1. The topological polar surface area (TPSA) is 94.2 Å². The van der Waals surface area contributed by atoms with E-state index in [1.54, 1.807) is 12.1 Å². The van der Waals surface area contributed by atoms with Gasteiger partial charge in [0.25, 0.3) is 5.91 Å². The molecule has 1 heterocycles. The maximum atomic E-state index is 12.9. The number of benzene rings is 3. The molecule has 152 valence electrons. The number of nitrogens with two attached hydrogens (primary N) is 1. The Morgan fingerprint density at radius 1 is 0.900 bits per heavy atom. The Labute approximate surface area is 175 Å². The summed E-state index contributed by atoms with van der Waals surface area (Å²) in [6, 6.07) is 24.0. The lowest BCUT2D eigenvalue weighted by molar-refractivity contribution is 0.0955. The van der Waals surface area contributed by atoms with Crippen LogP contribution in [-0.4, -0.2) is 25.4 Å². The van der Waals surface area contributed by atoms with Gasteiger partial charge >= 0.3 is 0 Å². The molecule has 0 bridgehead atoms. The molecule has 0 aliphatic carbocycles. The largest absolute Gasteiger partial charge is 0.352 e. The van der Waals surface area contributed by atoms with E-state index in [0.717, 1.165) is 22.2 Å². The van der Waals surface area contributed by atoms with Crippen LogP contribution in [0.15, 0.2) is 90.0 Å². The zero-order chi connectivity index (χ0) is 21.1. The third kappa shape index (κ3) is 4.12. The fourth-order valence-corrected chi connectivity index (χ4v) is 3.94. The van der Waals surface area contributed by atoms with Gasteiger partial charge < -0.3 is 9.88 Å². The molecule has 1 aromatic heterocycles. The third-order valence-electron chi connectivity index (χ3n) is 4.94. The number of nitrogens with zero attached hydrogens (tertiary/aromatic N) is 1. The molecule has 4 rings (SSSR count). The second-order valence-electron chi connectivity index (χ2n) is 6.96. The van der Waals surface area contributed by atoms with Crippen molar-refractivity contribution in [3.8, 4) is 5.69 Å². The van der Waals surface area contributed by atoms with E-state index in [1.807, 2.05) is 65.4 Å². The van der Waals surface area contributed by atoms with Crippen LogP contribution in [0.1, 0.15) is 15.9 Å². The van der Waals surface area contributed by atoms with Crippen LogP contribution in [0.5, 0.6) is 0 Å². The Morgan fingerprint density at radius 3 is 2.27 bits per heavy atom. The van der Waals surface area contributed by atoms with Gasteiger partial charge in [-0.2, -0.15) is 0 Å². The van der Waals surface area contributed by atoms with Crippen molar-refractivity contribution in [2.45, 2.75) is 11.3 Å². The number of aromatic nitrogens is 1. The summed E-state index contributed by atoms with van der Waals surface area (Å²) in [6.45, 7) is 0.429. The monoisotopic (exact) mass is 419 g/mol. The Kier molecular flexibility index (Phi) is 5.39.